The second-order valence-corrected chi connectivity index (χ2v) is 5.81. The highest BCUT2D eigenvalue weighted by Crippen LogP contribution is 2.38. The first-order chi connectivity index (χ1) is 9.23. The van der Waals surface area contributed by atoms with Gasteiger partial charge in [-0.15, -0.1) is 0 Å². The van der Waals surface area contributed by atoms with Gasteiger partial charge in [-0.3, -0.25) is 4.79 Å². The van der Waals surface area contributed by atoms with E-state index in [9.17, 15) is 26.5 Å². The number of carbonyl (C=O) groups is 1. The first-order valence-corrected chi connectivity index (χ1v) is 7.31. The largest absolute Gasteiger partial charge is 0.744 e. The van der Waals surface area contributed by atoms with E-state index in [-0.39, 0.29) is 24.0 Å². The van der Waals surface area contributed by atoms with Crippen LogP contribution in [0.3, 0.4) is 0 Å². The first kappa shape index (κ1) is 14.9. The molecule has 0 fully saturated rings. The van der Waals surface area contributed by atoms with Crippen LogP contribution in [-0.4, -0.2) is 18.9 Å². The summed E-state index contributed by atoms with van der Waals surface area (Å²) in [6.07, 6.45) is 1.49. The lowest BCUT2D eigenvalue weighted by Gasteiger charge is -2.24. The fourth-order valence-electron chi connectivity index (χ4n) is 2.38. The molecule has 0 aromatic heterocycles. The van der Waals surface area contributed by atoms with Crippen LogP contribution < -0.4 is 4.74 Å². The monoisotopic (exact) mass is 305 g/mol. The molecule has 110 valence electrons. The summed E-state index contributed by atoms with van der Waals surface area (Å²) in [5.41, 5.74) is 0.00109. The fourth-order valence-corrected chi connectivity index (χ4v) is 3.22. The third-order valence-corrected chi connectivity index (χ3v) is 4.03. The summed E-state index contributed by atoms with van der Waals surface area (Å²) < 4.78 is 65.8. The highest BCUT2D eigenvalue weighted by Gasteiger charge is 2.30. The summed E-state index contributed by atoms with van der Waals surface area (Å²) in [7, 11) is -5.15. The van der Waals surface area contributed by atoms with Gasteiger partial charge in [0.15, 0.2) is 11.6 Å². The molecule has 2 rings (SSSR count). The predicted octanol–water partition coefficient (Wildman–Crippen LogP) is 1.67. The standard InChI is InChI=1S/C12H12F2O5S/c1-6(15)19-11-7-4-2-3-5-8(7)12(20(16,17)18)10(14)9(11)13/h2-5H2,1H3,(H,16,17,18)/p-1. The predicted molar refractivity (Wildman–Crippen MR) is 62.3 cm³/mol. The van der Waals surface area contributed by atoms with Gasteiger partial charge < -0.3 is 9.29 Å². The minimum absolute atomic E-state index is 0.0820. The van der Waals surface area contributed by atoms with Crippen LogP contribution >= 0.6 is 0 Å². The van der Waals surface area contributed by atoms with Crippen LogP contribution in [0.25, 0.3) is 0 Å². The molecule has 0 bridgehead atoms. The van der Waals surface area contributed by atoms with Crippen molar-refractivity contribution in [1.29, 1.82) is 0 Å². The molecule has 0 saturated carbocycles. The molecule has 0 spiro atoms. The topological polar surface area (TPSA) is 83.5 Å². The van der Waals surface area contributed by atoms with Crippen molar-refractivity contribution in [2.24, 2.45) is 0 Å². The number of halogens is 2. The zero-order chi connectivity index (χ0) is 15.1. The van der Waals surface area contributed by atoms with Crippen LogP contribution in [-0.2, 0) is 27.8 Å². The van der Waals surface area contributed by atoms with Gasteiger partial charge in [0.25, 0.3) is 0 Å². The van der Waals surface area contributed by atoms with E-state index in [0.717, 1.165) is 6.92 Å². The summed E-state index contributed by atoms with van der Waals surface area (Å²) in [6.45, 7) is 1.02. The molecule has 0 heterocycles. The van der Waals surface area contributed by atoms with Crippen LogP contribution in [0.1, 0.15) is 30.9 Å². The van der Waals surface area contributed by atoms with E-state index in [1.165, 1.54) is 0 Å². The lowest BCUT2D eigenvalue weighted by atomic mass is 9.90. The lowest BCUT2D eigenvalue weighted by molar-refractivity contribution is -0.132. The Labute approximate surface area is 114 Å². The third-order valence-electron chi connectivity index (χ3n) is 3.10. The van der Waals surface area contributed by atoms with Gasteiger partial charge in [0.05, 0.1) is 4.90 Å². The number of hydrogen-bond donors (Lipinski definition) is 0. The number of carbonyl (C=O) groups excluding carboxylic acids is 1. The van der Waals surface area contributed by atoms with Crippen molar-refractivity contribution in [2.75, 3.05) is 0 Å². The van der Waals surface area contributed by atoms with Gasteiger partial charge in [-0.05, 0) is 31.2 Å². The molecule has 1 aromatic carbocycles. The number of ether oxygens (including phenoxy) is 1. The molecule has 0 amide bonds. The second kappa shape index (κ2) is 5.10. The van der Waals surface area contributed by atoms with Crippen molar-refractivity contribution in [1.82, 2.24) is 0 Å². The maximum Gasteiger partial charge on any atom is 0.308 e. The zero-order valence-corrected chi connectivity index (χ0v) is 11.4. The SMILES string of the molecule is CC(=O)Oc1c(F)c(F)c(S(=O)(=O)[O-])c2c1CCCC2. The Morgan fingerprint density at radius 3 is 2.20 bits per heavy atom. The molecule has 5 nitrogen and oxygen atoms in total. The number of rotatable bonds is 2. The van der Waals surface area contributed by atoms with Gasteiger partial charge in [-0.1, -0.05) is 0 Å². The minimum atomic E-state index is -5.15. The Morgan fingerprint density at radius 2 is 1.70 bits per heavy atom. The van der Waals surface area contributed by atoms with Gasteiger partial charge in [0, 0.05) is 12.5 Å². The first-order valence-electron chi connectivity index (χ1n) is 5.90. The highest BCUT2D eigenvalue weighted by molar-refractivity contribution is 7.85. The Balaban J connectivity index is 2.82. The van der Waals surface area contributed by atoms with Crippen LogP contribution in [0.15, 0.2) is 4.90 Å². The van der Waals surface area contributed by atoms with Crippen molar-refractivity contribution in [3.63, 3.8) is 0 Å². The Kier molecular flexibility index (Phi) is 3.79. The van der Waals surface area contributed by atoms with E-state index < -0.39 is 38.4 Å². The van der Waals surface area contributed by atoms with Crippen molar-refractivity contribution in [3.05, 3.63) is 22.8 Å². The molecular weight excluding hydrogens is 294 g/mol. The normalized spacial score (nSPS) is 14.8. The molecule has 0 radical (unpaired) electrons. The van der Waals surface area contributed by atoms with Crippen molar-refractivity contribution >= 4 is 16.1 Å². The molecule has 8 heteroatoms. The average Bonchev–Trinajstić information content (AvgIpc) is 2.33. The summed E-state index contributed by atoms with van der Waals surface area (Å²) >= 11 is 0. The number of hydrogen-bond acceptors (Lipinski definition) is 5. The van der Waals surface area contributed by atoms with E-state index in [1.54, 1.807) is 0 Å². The molecule has 0 N–H and O–H groups in total. The number of benzene rings is 1. The van der Waals surface area contributed by atoms with Crippen LogP contribution in [0.4, 0.5) is 8.78 Å². The molecule has 0 aliphatic heterocycles. The molecule has 0 unspecified atom stereocenters. The summed E-state index contributed by atoms with van der Waals surface area (Å²) in [6, 6.07) is 0. The van der Waals surface area contributed by atoms with E-state index in [1.807, 2.05) is 0 Å². The molecule has 0 atom stereocenters. The molecular formula is C12H11F2O5S-. The maximum atomic E-state index is 13.9. The van der Waals surface area contributed by atoms with E-state index in [4.69, 9.17) is 0 Å². The summed E-state index contributed by atoms with van der Waals surface area (Å²) in [4.78, 5) is 9.79. The molecule has 1 aliphatic carbocycles. The Hall–Kier alpha value is -1.54. The quantitative estimate of drug-likeness (QED) is 0.471. The van der Waals surface area contributed by atoms with E-state index >= 15 is 0 Å². The van der Waals surface area contributed by atoms with Crippen molar-refractivity contribution in [3.8, 4) is 5.75 Å². The van der Waals surface area contributed by atoms with Gasteiger partial charge in [0.2, 0.25) is 5.82 Å². The minimum Gasteiger partial charge on any atom is -0.744 e. The smallest absolute Gasteiger partial charge is 0.308 e. The number of esters is 1. The molecule has 20 heavy (non-hydrogen) atoms. The Bertz CT molecular complexity index is 682. The highest BCUT2D eigenvalue weighted by atomic mass is 32.2. The fraction of sp³-hybridized carbons (Fsp3) is 0.417. The second-order valence-electron chi connectivity index (χ2n) is 4.50. The van der Waals surface area contributed by atoms with E-state index in [0.29, 0.717) is 12.8 Å². The van der Waals surface area contributed by atoms with Gasteiger partial charge in [-0.2, -0.15) is 4.39 Å². The average molecular weight is 305 g/mol. The Morgan fingerprint density at radius 1 is 1.15 bits per heavy atom. The van der Waals surface area contributed by atoms with Gasteiger partial charge in [0.1, 0.15) is 10.1 Å². The van der Waals surface area contributed by atoms with Gasteiger partial charge in [-0.25, -0.2) is 12.8 Å². The zero-order valence-electron chi connectivity index (χ0n) is 10.5. The van der Waals surface area contributed by atoms with E-state index in [2.05, 4.69) is 4.74 Å². The summed E-state index contributed by atoms with van der Waals surface area (Å²) in [5.74, 6) is -4.86. The molecule has 1 aromatic rings. The lowest BCUT2D eigenvalue weighted by Crippen LogP contribution is -2.18. The van der Waals surface area contributed by atoms with Crippen molar-refractivity contribution in [2.45, 2.75) is 37.5 Å². The third kappa shape index (κ3) is 2.53. The van der Waals surface area contributed by atoms with Crippen molar-refractivity contribution < 1.29 is 31.3 Å². The molecule has 0 saturated heterocycles. The maximum absolute atomic E-state index is 13.9. The molecule has 1 aliphatic rings. The van der Waals surface area contributed by atoms with Crippen LogP contribution in [0, 0.1) is 11.6 Å². The van der Waals surface area contributed by atoms with Gasteiger partial charge >= 0.3 is 5.97 Å². The van der Waals surface area contributed by atoms with Crippen LogP contribution in [0.2, 0.25) is 0 Å². The number of fused-ring (bicyclic) bond motifs is 1. The summed E-state index contributed by atoms with van der Waals surface area (Å²) in [5, 5.41) is 0. The van der Waals surface area contributed by atoms with Crippen LogP contribution in [0.5, 0.6) is 5.75 Å².